The van der Waals surface area contributed by atoms with Crippen LogP contribution in [0, 0.1) is 0 Å². The SMILES string of the molecule is c1cc(C2CS2)c(C2CS2)[te]1. The fraction of sp³-hybridized carbons (Fsp3) is 0.500. The van der Waals surface area contributed by atoms with Gasteiger partial charge in [0.15, 0.2) is 0 Å². The van der Waals surface area contributed by atoms with E-state index in [0.717, 1.165) is 10.5 Å². The van der Waals surface area contributed by atoms with E-state index in [-0.39, 0.29) is 20.4 Å². The van der Waals surface area contributed by atoms with Crippen molar-refractivity contribution in [2.45, 2.75) is 10.5 Å². The minimum absolute atomic E-state index is 0.162. The monoisotopic (exact) mass is 298 g/mol. The molecule has 0 aromatic carbocycles. The molecule has 2 atom stereocenters. The van der Waals surface area contributed by atoms with Crippen LogP contribution in [-0.2, 0) is 0 Å². The fourth-order valence-corrected chi connectivity index (χ4v) is 6.71. The van der Waals surface area contributed by atoms with Gasteiger partial charge in [0.1, 0.15) is 0 Å². The Morgan fingerprint density at radius 1 is 1.27 bits per heavy atom. The predicted octanol–water partition coefficient (Wildman–Crippen LogP) is 2.32. The molecule has 2 saturated heterocycles. The maximum absolute atomic E-state index is 2.47. The molecule has 1 aromatic rings. The molecule has 58 valence electrons. The van der Waals surface area contributed by atoms with Gasteiger partial charge in [-0.05, 0) is 0 Å². The van der Waals surface area contributed by atoms with E-state index in [0.29, 0.717) is 0 Å². The van der Waals surface area contributed by atoms with E-state index in [9.17, 15) is 0 Å². The second-order valence-corrected chi connectivity index (χ2v) is 8.06. The second-order valence-electron chi connectivity index (χ2n) is 2.88. The Hall–Kier alpha value is 0.970. The summed E-state index contributed by atoms with van der Waals surface area (Å²) in [5, 5.41) is 1.90. The van der Waals surface area contributed by atoms with Crippen LogP contribution in [0.25, 0.3) is 0 Å². The Kier molecular flexibility index (Phi) is 1.83. The van der Waals surface area contributed by atoms with Crippen molar-refractivity contribution in [3.63, 3.8) is 0 Å². The van der Waals surface area contributed by atoms with Crippen LogP contribution >= 0.6 is 23.5 Å². The van der Waals surface area contributed by atoms with Crippen LogP contribution in [0.4, 0.5) is 0 Å². The molecule has 0 aliphatic carbocycles. The van der Waals surface area contributed by atoms with Gasteiger partial charge in [-0.25, -0.2) is 0 Å². The molecule has 2 aliphatic rings. The molecule has 3 rings (SSSR count). The Labute approximate surface area is 84.8 Å². The van der Waals surface area contributed by atoms with E-state index in [4.69, 9.17) is 0 Å². The first-order chi connectivity index (χ1) is 5.45. The average Bonchev–Trinajstić information content (AvgIpc) is 2.91. The first kappa shape index (κ1) is 7.38. The van der Waals surface area contributed by atoms with Crippen molar-refractivity contribution in [3.05, 3.63) is 19.3 Å². The summed E-state index contributed by atoms with van der Waals surface area (Å²) in [7, 11) is 0. The van der Waals surface area contributed by atoms with Crippen molar-refractivity contribution in [2.75, 3.05) is 11.5 Å². The molecule has 3 heterocycles. The van der Waals surface area contributed by atoms with Gasteiger partial charge >= 0.3 is 85.3 Å². The molecule has 11 heavy (non-hydrogen) atoms. The summed E-state index contributed by atoms with van der Waals surface area (Å²) in [6, 6.07) is 2.42. The average molecular weight is 296 g/mol. The molecule has 0 radical (unpaired) electrons. The third-order valence-corrected chi connectivity index (χ3v) is 7.31. The van der Waals surface area contributed by atoms with Crippen LogP contribution in [0.1, 0.15) is 19.6 Å². The third kappa shape index (κ3) is 1.42. The van der Waals surface area contributed by atoms with Gasteiger partial charge in [-0.2, -0.15) is 0 Å². The first-order valence-corrected chi connectivity index (χ1v) is 8.36. The Morgan fingerprint density at radius 2 is 2.00 bits per heavy atom. The van der Waals surface area contributed by atoms with Gasteiger partial charge in [0.25, 0.3) is 0 Å². The van der Waals surface area contributed by atoms with E-state index in [1.165, 1.54) is 11.5 Å². The summed E-state index contributed by atoms with van der Waals surface area (Å²) in [6.45, 7) is 0. The number of rotatable bonds is 2. The summed E-state index contributed by atoms with van der Waals surface area (Å²) in [4.78, 5) is 0. The van der Waals surface area contributed by atoms with Crippen LogP contribution in [0.5, 0.6) is 0 Å². The normalized spacial score (nSPS) is 33.8. The molecule has 0 nitrogen and oxygen atoms in total. The van der Waals surface area contributed by atoms with Gasteiger partial charge in [0.05, 0.1) is 0 Å². The van der Waals surface area contributed by atoms with Crippen LogP contribution in [-0.4, -0.2) is 31.9 Å². The van der Waals surface area contributed by atoms with Crippen molar-refractivity contribution in [2.24, 2.45) is 0 Å². The zero-order valence-corrected chi connectivity index (χ0v) is 9.91. The number of thioether (sulfide) groups is 2. The van der Waals surface area contributed by atoms with Crippen molar-refractivity contribution in [3.8, 4) is 0 Å². The zero-order chi connectivity index (χ0) is 7.26. The van der Waals surface area contributed by atoms with Crippen LogP contribution in [0.2, 0.25) is 0 Å². The summed E-state index contributed by atoms with van der Waals surface area (Å²) in [5.41, 5.74) is 1.74. The third-order valence-electron chi connectivity index (χ3n) is 2.03. The Bertz CT molecular complexity index is 247. The Morgan fingerprint density at radius 3 is 2.64 bits per heavy atom. The first-order valence-electron chi connectivity index (χ1n) is 3.75. The van der Waals surface area contributed by atoms with Crippen molar-refractivity contribution < 1.29 is 0 Å². The molecule has 0 bridgehead atoms. The molecule has 0 N–H and O–H groups in total. The summed E-state index contributed by atoms with van der Waals surface area (Å²) in [6.07, 6.45) is 0. The van der Waals surface area contributed by atoms with Crippen molar-refractivity contribution >= 4 is 44.0 Å². The van der Waals surface area contributed by atoms with Gasteiger partial charge in [-0.15, -0.1) is 0 Å². The molecule has 0 amide bonds. The van der Waals surface area contributed by atoms with E-state index >= 15 is 0 Å². The van der Waals surface area contributed by atoms with Crippen molar-refractivity contribution in [1.82, 2.24) is 0 Å². The zero-order valence-electron chi connectivity index (χ0n) is 5.95. The van der Waals surface area contributed by atoms with Crippen LogP contribution in [0.15, 0.2) is 10.1 Å². The molecular weight excluding hydrogens is 288 g/mol. The van der Waals surface area contributed by atoms with Gasteiger partial charge in [-0.1, -0.05) is 0 Å². The van der Waals surface area contributed by atoms with E-state index in [1.54, 1.807) is 5.56 Å². The van der Waals surface area contributed by atoms with Gasteiger partial charge in [-0.3, -0.25) is 0 Å². The topological polar surface area (TPSA) is 0 Å². The summed E-state index contributed by atoms with van der Waals surface area (Å²) >= 11 is 4.42. The molecule has 2 aliphatic heterocycles. The molecule has 0 spiro atoms. The molecule has 0 saturated carbocycles. The minimum atomic E-state index is 0.162. The van der Waals surface area contributed by atoms with Gasteiger partial charge < -0.3 is 0 Å². The Balaban J connectivity index is 1.98. The quantitative estimate of drug-likeness (QED) is 0.607. The standard InChI is InChI=1S/C8H8S2Te/c1-2-11-8(7-4-10-7)5(1)6-3-9-6/h1-2,6-7H,3-4H2. The molecule has 1 aromatic heterocycles. The number of hydrogen-bond donors (Lipinski definition) is 0. The van der Waals surface area contributed by atoms with Crippen molar-refractivity contribution in [1.29, 1.82) is 0 Å². The molecule has 2 unspecified atom stereocenters. The number of hydrogen-bond acceptors (Lipinski definition) is 2. The van der Waals surface area contributed by atoms with E-state index < -0.39 is 0 Å². The van der Waals surface area contributed by atoms with Gasteiger partial charge in [0, 0.05) is 0 Å². The van der Waals surface area contributed by atoms with Gasteiger partial charge in [0.2, 0.25) is 0 Å². The van der Waals surface area contributed by atoms with Crippen LogP contribution in [0.3, 0.4) is 0 Å². The second kappa shape index (κ2) is 2.73. The maximum atomic E-state index is 2.47. The molecule has 3 heteroatoms. The van der Waals surface area contributed by atoms with E-state index in [1.807, 2.05) is 3.58 Å². The summed E-state index contributed by atoms with van der Waals surface area (Å²) in [5.74, 6) is 2.82. The summed E-state index contributed by atoms with van der Waals surface area (Å²) < 4.78 is 4.35. The van der Waals surface area contributed by atoms with E-state index in [2.05, 4.69) is 33.7 Å². The fourth-order valence-electron chi connectivity index (χ4n) is 1.29. The molecular formula is C8H8S2Te. The predicted molar refractivity (Wildman–Crippen MR) is 53.8 cm³/mol. The van der Waals surface area contributed by atoms with Crippen LogP contribution < -0.4 is 0 Å². The molecule has 2 fully saturated rings.